The lowest BCUT2D eigenvalue weighted by atomic mass is 9.93. The summed E-state index contributed by atoms with van der Waals surface area (Å²) in [5.41, 5.74) is -3.38. The number of oxazole rings is 1. The molecule has 9 nitrogen and oxygen atoms in total. The van der Waals surface area contributed by atoms with Crippen LogP contribution in [0.25, 0.3) is 11.1 Å². The number of halogens is 3. The monoisotopic (exact) mass is 466 g/mol. The van der Waals surface area contributed by atoms with Gasteiger partial charge in [0.1, 0.15) is 11.3 Å². The summed E-state index contributed by atoms with van der Waals surface area (Å²) < 4.78 is 51.5. The molecule has 176 valence electrons. The van der Waals surface area contributed by atoms with Gasteiger partial charge in [0.15, 0.2) is 11.4 Å². The largest absolute Gasteiger partial charge is 0.437 e. The number of carbonyl (C=O) groups excluding carboxylic acids is 2. The zero-order valence-electron chi connectivity index (χ0n) is 17.6. The third kappa shape index (κ3) is 4.56. The lowest BCUT2D eigenvalue weighted by Gasteiger charge is -2.34. The highest BCUT2D eigenvalue weighted by atomic mass is 19.4. The maximum absolute atomic E-state index is 13.8. The number of alkyl halides is 3. The lowest BCUT2D eigenvalue weighted by Crippen LogP contribution is -2.49. The number of aliphatic hydroxyl groups is 1. The van der Waals surface area contributed by atoms with E-state index < -0.39 is 35.9 Å². The molecular weight excluding hydrogens is 445 g/mol. The van der Waals surface area contributed by atoms with Gasteiger partial charge >= 0.3 is 6.18 Å². The average Bonchev–Trinajstić information content (AvgIpc) is 3.39. The molecule has 3 heterocycles. The van der Waals surface area contributed by atoms with E-state index in [0.717, 1.165) is 0 Å². The number of carbonyl (C=O) groups is 2. The SMILES string of the molecule is Cc1cc(NC(=O)C2CCN(C(=O)CC(O)(c3nc4ccccc4o3)C(F)(F)F)CC2)no1. The highest BCUT2D eigenvalue weighted by Crippen LogP contribution is 2.42. The molecule has 1 saturated heterocycles. The molecule has 0 aliphatic carbocycles. The number of hydrogen-bond acceptors (Lipinski definition) is 7. The Hall–Kier alpha value is -3.41. The molecule has 1 atom stereocenters. The van der Waals surface area contributed by atoms with Gasteiger partial charge in [-0.15, -0.1) is 0 Å². The van der Waals surface area contributed by atoms with E-state index in [0.29, 0.717) is 5.76 Å². The van der Waals surface area contributed by atoms with E-state index in [4.69, 9.17) is 8.94 Å². The van der Waals surface area contributed by atoms with Crippen LogP contribution in [0.1, 0.15) is 30.9 Å². The Morgan fingerprint density at radius 3 is 2.55 bits per heavy atom. The van der Waals surface area contributed by atoms with Crippen molar-refractivity contribution in [2.75, 3.05) is 18.4 Å². The summed E-state index contributed by atoms with van der Waals surface area (Å²) in [7, 11) is 0. The van der Waals surface area contributed by atoms with Gasteiger partial charge in [0.05, 0.1) is 6.42 Å². The summed E-state index contributed by atoms with van der Waals surface area (Å²) in [6.45, 7) is 1.81. The fourth-order valence-corrected chi connectivity index (χ4v) is 3.72. The summed E-state index contributed by atoms with van der Waals surface area (Å²) in [5, 5.41) is 16.8. The Morgan fingerprint density at radius 2 is 1.94 bits per heavy atom. The van der Waals surface area contributed by atoms with Crippen LogP contribution in [0.3, 0.4) is 0 Å². The highest BCUT2D eigenvalue weighted by molar-refractivity contribution is 5.91. The van der Waals surface area contributed by atoms with Crippen LogP contribution in [-0.2, 0) is 15.2 Å². The molecule has 33 heavy (non-hydrogen) atoms. The minimum atomic E-state index is -5.20. The standard InChI is InChI=1S/C21H21F3N4O5/c1-12-10-16(27-33-12)26-18(30)13-6-8-28(9-7-13)17(29)11-20(31,21(22,23)24)19-25-14-4-2-3-5-15(14)32-19/h2-5,10,13,31H,6-9,11H2,1H3,(H,26,27,30). The third-order valence-corrected chi connectivity index (χ3v) is 5.62. The number of likely N-dealkylation sites (tertiary alicyclic amines) is 1. The van der Waals surface area contributed by atoms with Crippen LogP contribution < -0.4 is 5.32 Å². The molecule has 2 aromatic heterocycles. The number of anilines is 1. The number of rotatable bonds is 5. The molecule has 12 heteroatoms. The molecule has 0 spiro atoms. The van der Waals surface area contributed by atoms with E-state index in [2.05, 4.69) is 15.5 Å². The van der Waals surface area contributed by atoms with Gasteiger partial charge in [0.2, 0.25) is 23.3 Å². The Kier molecular flexibility index (Phi) is 5.87. The summed E-state index contributed by atoms with van der Waals surface area (Å²) >= 11 is 0. The number of nitrogens with one attached hydrogen (secondary N) is 1. The fraction of sp³-hybridized carbons (Fsp3) is 0.429. The van der Waals surface area contributed by atoms with Crippen LogP contribution in [0.2, 0.25) is 0 Å². The summed E-state index contributed by atoms with van der Waals surface area (Å²) in [5.74, 6) is -1.85. The first-order valence-electron chi connectivity index (χ1n) is 10.2. The number of aromatic nitrogens is 2. The van der Waals surface area contributed by atoms with Crippen molar-refractivity contribution < 1.29 is 36.8 Å². The number of hydrogen-bond donors (Lipinski definition) is 2. The Balaban J connectivity index is 1.42. The molecule has 0 saturated carbocycles. The topological polar surface area (TPSA) is 122 Å². The van der Waals surface area contributed by atoms with Crippen molar-refractivity contribution in [3.05, 3.63) is 42.0 Å². The molecule has 2 N–H and O–H groups in total. The summed E-state index contributed by atoms with van der Waals surface area (Å²) in [4.78, 5) is 30.0. The van der Waals surface area contributed by atoms with Crippen LogP contribution in [0.4, 0.5) is 19.0 Å². The predicted octanol–water partition coefficient (Wildman–Crippen LogP) is 3.14. The van der Waals surface area contributed by atoms with Crippen LogP contribution >= 0.6 is 0 Å². The van der Waals surface area contributed by atoms with Crippen LogP contribution in [-0.4, -0.2) is 51.2 Å². The number of amides is 2. The molecule has 1 aromatic carbocycles. The molecule has 1 unspecified atom stereocenters. The highest BCUT2D eigenvalue weighted by Gasteiger charge is 2.60. The average molecular weight is 466 g/mol. The van der Waals surface area contributed by atoms with Gasteiger partial charge in [-0.1, -0.05) is 17.3 Å². The van der Waals surface area contributed by atoms with Crippen LogP contribution in [0.15, 0.2) is 39.3 Å². The molecule has 0 radical (unpaired) electrons. The zero-order valence-corrected chi connectivity index (χ0v) is 17.6. The van der Waals surface area contributed by atoms with E-state index in [1.54, 1.807) is 25.1 Å². The normalized spacial score (nSPS) is 17.2. The third-order valence-electron chi connectivity index (χ3n) is 5.62. The first-order valence-corrected chi connectivity index (χ1v) is 10.2. The van der Waals surface area contributed by atoms with Gasteiger partial charge in [0, 0.05) is 25.1 Å². The molecule has 1 aliphatic rings. The number of piperidine rings is 1. The molecule has 1 fully saturated rings. The lowest BCUT2D eigenvalue weighted by molar-refractivity contribution is -0.275. The minimum absolute atomic E-state index is 0.0657. The maximum Gasteiger partial charge on any atom is 0.426 e. The maximum atomic E-state index is 13.8. The van der Waals surface area contributed by atoms with E-state index >= 15 is 0 Å². The number of benzene rings is 1. The van der Waals surface area contributed by atoms with E-state index in [-0.39, 0.29) is 48.8 Å². The Labute approximate surface area is 185 Å². The van der Waals surface area contributed by atoms with Crippen molar-refractivity contribution in [1.29, 1.82) is 0 Å². The van der Waals surface area contributed by atoms with Crippen molar-refractivity contribution in [3.63, 3.8) is 0 Å². The Bertz CT molecular complexity index is 1130. The molecule has 2 amide bonds. The van der Waals surface area contributed by atoms with Gasteiger partial charge in [-0.05, 0) is 31.9 Å². The zero-order chi connectivity index (χ0) is 23.8. The number of para-hydroxylation sites is 2. The predicted molar refractivity (Wildman–Crippen MR) is 108 cm³/mol. The molecule has 3 aromatic rings. The first-order chi connectivity index (χ1) is 15.6. The van der Waals surface area contributed by atoms with Gasteiger partial charge in [-0.3, -0.25) is 9.59 Å². The van der Waals surface area contributed by atoms with Crippen LogP contribution in [0.5, 0.6) is 0 Å². The van der Waals surface area contributed by atoms with Crippen molar-refractivity contribution in [2.24, 2.45) is 5.92 Å². The van der Waals surface area contributed by atoms with E-state index in [9.17, 15) is 27.9 Å². The summed E-state index contributed by atoms with van der Waals surface area (Å²) in [6, 6.07) is 7.54. The van der Waals surface area contributed by atoms with Crippen molar-refractivity contribution in [3.8, 4) is 0 Å². The molecule has 0 bridgehead atoms. The van der Waals surface area contributed by atoms with E-state index in [1.807, 2.05) is 0 Å². The van der Waals surface area contributed by atoms with Crippen molar-refractivity contribution in [1.82, 2.24) is 15.0 Å². The first kappa shape index (κ1) is 22.8. The summed E-state index contributed by atoms with van der Waals surface area (Å²) in [6.07, 6.45) is -5.97. The second-order valence-electron chi connectivity index (χ2n) is 7.99. The fourth-order valence-electron chi connectivity index (χ4n) is 3.72. The van der Waals surface area contributed by atoms with Crippen LogP contribution in [0, 0.1) is 12.8 Å². The number of nitrogens with zero attached hydrogens (tertiary/aromatic N) is 3. The van der Waals surface area contributed by atoms with Crippen molar-refractivity contribution >= 4 is 28.7 Å². The van der Waals surface area contributed by atoms with Crippen molar-refractivity contribution in [2.45, 2.75) is 38.0 Å². The van der Waals surface area contributed by atoms with E-state index in [1.165, 1.54) is 17.0 Å². The quantitative estimate of drug-likeness (QED) is 0.592. The molecule has 4 rings (SSSR count). The van der Waals surface area contributed by atoms with Gasteiger partial charge in [-0.2, -0.15) is 13.2 Å². The van der Waals surface area contributed by atoms with Gasteiger partial charge in [0.25, 0.3) is 0 Å². The molecule has 1 aliphatic heterocycles. The van der Waals surface area contributed by atoms with Gasteiger partial charge in [-0.25, -0.2) is 4.98 Å². The Morgan fingerprint density at radius 1 is 1.24 bits per heavy atom. The minimum Gasteiger partial charge on any atom is -0.437 e. The second-order valence-corrected chi connectivity index (χ2v) is 7.99. The second kappa shape index (κ2) is 8.50. The van der Waals surface area contributed by atoms with Gasteiger partial charge < -0.3 is 24.3 Å². The number of aryl methyl sites for hydroxylation is 1. The molecular formula is C21H21F3N4O5. The smallest absolute Gasteiger partial charge is 0.426 e. The number of fused-ring (bicyclic) bond motifs is 1.